The second-order valence-corrected chi connectivity index (χ2v) is 5.43. The summed E-state index contributed by atoms with van der Waals surface area (Å²) in [6.45, 7) is 0.186. The van der Waals surface area contributed by atoms with Crippen LogP contribution >= 0.6 is 0 Å². The molecule has 1 heterocycles. The Kier molecular flexibility index (Phi) is 3.40. The van der Waals surface area contributed by atoms with Gasteiger partial charge in [0.05, 0.1) is 24.4 Å². The minimum absolute atomic E-state index is 0.0388. The number of carboxylic acids is 1. The molecule has 1 rings (SSSR count). The van der Waals surface area contributed by atoms with Gasteiger partial charge < -0.3 is 5.11 Å². The molecule has 0 spiro atoms. The lowest BCUT2D eigenvalue weighted by Gasteiger charge is -1.97. The van der Waals surface area contributed by atoms with E-state index < -0.39 is 15.8 Å². The molecule has 0 aliphatic heterocycles. The van der Waals surface area contributed by atoms with E-state index in [1.54, 1.807) is 0 Å². The monoisotopic (exact) mass is 233 g/mol. The Labute approximate surface area is 86.6 Å². The van der Waals surface area contributed by atoms with E-state index in [0.29, 0.717) is 5.69 Å². The van der Waals surface area contributed by atoms with Gasteiger partial charge in [-0.15, -0.1) is 5.10 Å². The summed E-state index contributed by atoms with van der Waals surface area (Å²) in [7, 11) is -3.04. The van der Waals surface area contributed by atoms with Crippen molar-refractivity contribution in [3.05, 3.63) is 11.9 Å². The van der Waals surface area contributed by atoms with Crippen LogP contribution in [0.15, 0.2) is 6.20 Å². The number of aryl methyl sites for hydroxylation is 1. The molecule has 15 heavy (non-hydrogen) atoms. The van der Waals surface area contributed by atoms with E-state index in [2.05, 4.69) is 10.3 Å². The zero-order chi connectivity index (χ0) is 11.5. The van der Waals surface area contributed by atoms with E-state index in [-0.39, 0.29) is 18.7 Å². The first-order valence-corrected chi connectivity index (χ1v) is 6.21. The molecule has 0 unspecified atom stereocenters. The minimum Gasteiger partial charge on any atom is -0.481 e. The lowest BCUT2D eigenvalue weighted by atomic mass is 10.3. The highest BCUT2D eigenvalue weighted by molar-refractivity contribution is 7.90. The third kappa shape index (κ3) is 4.54. The summed E-state index contributed by atoms with van der Waals surface area (Å²) in [6.07, 6.45) is 2.35. The predicted octanol–water partition coefficient (Wildman–Crippen LogP) is -1.05. The molecule has 0 amide bonds. The third-order valence-corrected chi connectivity index (χ3v) is 2.53. The van der Waals surface area contributed by atoms with Gasteiger partial charge >= 0.3 is 5.97 Å². The van der Waals surface area contributed by atoms with Gasteiger partial charge in [-0.1, -0.05) is 5.21 Å². The number of hydrogen-bond acceptors (Lipinski definition) is 5. The molecule has 0 saturated heterocycles. The van der Waals surface area contributed by atoms with Crippen molar-refractivity contribution in [2.45, 2.75) is 13.0 Å². The third-order valence-electron chi connectivity index (χ3n) is 1.61. The molecule has 7 nitrogen and oxygen atoms in total. The van der Waals surface area contributed by atoms with Crippen LogP contribution in [0, 0.1) is 0 Å². The molecule has 0 aromatic carbocycles. The van der Waals surface area contributed by atoms with Gasteiger partial charge in [0.25, 0.3) is 0 Å². The first kappa shape index (κ1) is 11.6. The Morgan fingerprint density at radius 1 is 1.60 bits per heavy atom. The van der Waals surface area contributed by atoms with E-state index in [9.17, 15) is 13.2 Å². The maximum absolute atomic E-state index is 10.8. The normalized spacial score (nSPS) is 11.5. The molecule has 8 heteroatoms. The van der Waals surface area contributed by atoms with E-state index in [0.717, 1.165) is 6.26 Å². The summed E-state index contributed by atoms with van der Waals surface area (Å²) in [6, 6.07) is 0. The number of sulfone groups is 1. The van der Waals surface area contributed by atoms with Crippen molar-refractivity contribution < 1.29 is 18.3 Å². The fraction of sp³-hybridized carbons (Fsp3) is 0.571. The van der Waals surface area contributed by atoms with Crippen molar-refractivity contribution in [3.63, 3.8) is 0 Å². The van der Waals surface area contributed by atoms with Crippen LogP contribution in [0.1, 0.15) is 5.69 Å². The van der Waals surface area contributed by atoms with E-state index in [1.807, 2.05) is 0 Å². The molecule has 0 saturated carbocycles. The molecular formula is C7H11N3O4S. The number of rotatable bonds is 5. The fourth-order valence-electron chi connectivity index (χ4n) is 0.943. The van der Waals surface area contributed by atoms with Gasteiger partial charge in [-0.05, 0) is 0 Å². The van der Waals surface area contributed by atoms with Gasteiger partial charge in [0.1, 0.15) is 9.84 Å². The molecule has 1 aromatic heterocycles. The van der Waals surface area contributed by atoms with Gasteiger partial charge in [0, 0.05) is 12.5 Å². The average Bonchev–Trinajstić information content (AvgIpc) is 2.46. The molecule has 0 aliphatic rings. The highest BCUT2D eigenvalue weighted by atomic mass is 32.2. The van der Waals surface area contributed by atoms with E-state index in [1.165, 1.54) is 10.9 Å². The van der Waals surface area contributed by atoms with Gasteiger partial charge in [0.15, 0.2) is 0 Å². The van der Waals surface area contributed by atoms with Gasteiger partial charge in [-0.2, -0.15) is 0 Å². The average molecular weight is 233 g/mol. The molecule has 1 N–H and O–H groups in total. The van der Waals surface area contributed by atoms with Crippen molar-refractivity contribution >= 4 is 15.8 Å². The Balaban J connectivity index is 2.57. The highest BCUT2D eigenvalue weighted by Gasteiger charge is 2.07. The van der Waals surface area contributed by atoms with Crippen molar-refractivity contribution in [3.8, 4) is 0 Å². The number of hydrogen-bond donors (Lipinski definition) is 1. The molecule has 0 atom stereocenters. The Hall–Kier alpha value is -1.44. The van der Waals surface area contributed by atoms with Crippen LogP contribution in [0.25, 0.3) is 0 Å². The van der Waals surface area contributed by atoms with Crippen LogP contribution in [0.2, 0.25) is 0 Å². The van der Waals surface area contributed by atoms with Gasteiger partial charge in [0.2, 0.25) is 0 Å². The Morgan fingerprint density at radius 2 is 2.27 bits per heavy atom. The first-order valence-electron chi connectivity index (χ1n) is 4.15. The Bertz CT molecular complexity index is 451. The smallest absolute Gasteiger partial charge is 0.309 e. The molecule has 0 bridgehead atoms. The first-order chi connectivity index (χ1) is 6.87. The zero-order valence-corrected chi connectivity index (χ0v) is 8.94. The van der Waals surface area contributed by atoms with Crippen LogP contribution in [0.4, 0.5) is 0 Å². The number of aromatic nitrogens is 3. The topological polar surface area (TPSA) is 102 Å². The molecular weight excluding hydrogens is 222 g/mol. The molecule has 0 aliphatic carbocycles. The summed E-state index contributed by atoms with van der Waals surface area (Å²) >= 11 is 0. The minimum atomic E-state index is -3.04. The number of carbonyl (C=O) groups is 1. The van der Waals surface area contributed by atoms with Crippen LogP contribution in [0.3, 0.4) is 0 Å². The maximum atomic E-state index is 10.8. The largest absolute Gasteiger partial charge is 0.481 e. The molecule has 84 valence electrons. The molecule has 0 radical (unpaired) electrons. The SMILES string of the molecule is CS(=O)(=O)CCn1cc(CC(=O)O)nn1. The Morgan fingerprint density at radius 3 is 2.80 bits per heavy atom. The van der Waals surface area contributed by atoms with Gasteiger partial charge in [-0.3, -0.25) is 9.48 Å². The van der Waals surface area contributed by atoms with E-state index >= 15 is 0 Å². The lowest BCUT2D eigenvalue weighted by molar-refractivity contribution is -0.136. The van der Waals surface area contributed by atoms with Crippen molar-refractivity contribution in [2.75, 3.05) is 12.0 Å². The zero-order valence-electron chi connectivity index (χ0n) is 8.12. The van der Waals surface area contributed by atoms with Crippen molar-refractivity contribution in [2.24, 2.45) is 0 Å². The summed E-state index contributed by atoms with van der Waals surface area (Å²) in [4.78, 5) is 10.3. The van der Waals surface area contributed by atoms with Crippen molar-refractivity contribution in [1.82, 2.24) is 15.0 Å². The summed E-state index contributed by atoms with van der Waals surface area (Å²) in [5, 5.41) is 15.7. The predicted molar refractivity (Wildman–Crippen MR) is 51.1 cm³/mol. The summed E-state index contributed by atoms with van der Waals surface area (Å²) in [5.41, 5.74) is 0.316. The van der Waals surface area contributed by atoms with Crippen LogP contribution < -0.4 is 0 Å². The maximum Gasteiger partial charge on any atom is 0.309 e. The quantitative estimate of drug-likeness (QED) is 0.696. The van der Waals surface area contributed by atoms with Crippen LogP contribution in [0.5, 0.6) is 0 Å². The fourth-order valence-corrected chi connectivity index (χ4v) is 1.46. The number of nitrogens with zero attached hydrogens (tertiary/aromatic N) is 3. The standard InChI is InChI=1S/C7H11N3O4S/c1-15(13,14)3-2-10-5-6(8-9-10)4-7(11)12/h5H,2-4H2,1H3,(H,11,12). The summed E-state index contributed by atoms with van der Waals surface area (Å²) in [5.74, 6) is -1.03. The number of aliphatic carboxylic acids is 1. The van der Waals surface area contributed by atoms with Crippen LogP contribution in [-0.2, 0) is 27.6 Å². The van der Waals surface area contributed by atoms with Crippen molar-refractivity contribution in [1.29, 1.82) is 0 Å². The molecule has 0 fully saturated rings. The number of carboxylic acid groups (broad SMARTS) is 1. The van der Waals surface area contributed by atoms with Crippen LogP contribution in [-0.4, -0.2) is 46.5 Å². The second kappa shape index (κ2) is 4.39. The molecule has 1 aromatic rings. The van der Waals surface area contributed by atoms with Gasteiger partial charge in [-0.25, -0.2) is 8.42 Å². The van der Waals surface area contributed by atoms with E-state index in [4.69, 9.17) is 5.11 Å². The highest BCUT2D eigenvalue weighted by Crippen LogP contribution is 1.95. The summed E-state index contributed by atoms with van der Waals surface area (Å²) < 4.78 is 23.0. The second-order valence-electron chi connectivity index (χ2n) is 3.17. The lowest BCUT2D eigenvalue weighted by Crippen LogP contribution is -2.11.